The highest BCUT2D eigenvalue weighted by molar-refractivity contribution is 5.92. The zero-order chi connectivity index (χ0) is 14.5. The number of rotatable bonds is 3. The van der Waals surface area contributed by atoms with Crippen molar-refractivity contribution < 1.29 is 4.79 Å². The van der Waals surface area contributed by atoms with Crippen LogP contribution in [-0.4, -0.2) is 5.91 Å². The van der Waals surface area contributed by atoms with Crippen molar-refractivity contribution in [3.63, 3.8) is 0 Å². The molecule has 1 aliphatic rings. The SMILES string of the molecule is Cc1ccc(NC(=O)C(C)C)cc1C1CCCCCC1. The van der Waals surface area contributed by atoms with Crippen LogP contribution in [0.5, 0.6) is 0 Å². The van der Waals surface area contributed by atoms with Crippen LogP contribution in [-0.2, 0) is 4.79 Å². The molecule has 0 heterocycles. The van der Waals surface area contributed by atoms with Crippen molar-refractivity contribution in [2.24, 2.45) is 5.92 Å². The maximum atomic E-state index is 11.8. The lowest BCUT2D eigenvalue weighted by Gasteiger charge is -2.19. The first-order valence-corrected chi connectivity index (χ1v) is 7.99. The molecule has 0 radical (unpaired) electrons. The zero-order valence-corrected chi connectivity index (χ0v) is 13.0. The number of nitrogens with one attached hydrogen (secondary N) is 1. The Balaban J connectivity index is 2.17. The van der Waals surface area contributed by atoms with E-state index in [2.05, 4.69) is 24.4 Å². The average molecular weight is 273 g/mol. The van der Waals surface area contributed by atoms with E-state index in [0.717, 1.165) is 5.69 Å². The normalized spacial score (nSPS) is 17.0. The Kier molecular flexibility index (Phi) is 5.22. The van der Waals surface area contributed by atoms with Gasteiger partial charge in [0.25, 0.3) is 0 Å². The molecule has 1 aromatic carbocycles. The minimum atomic E-state index is 0.0256. The van der Waals surface area contributed by atoms with Gasteiger partial charge in [-0.25, -0.2) is 0 Å². The fourth-order valence-corrected chi connectivity index (χ4v) is 3.04. The quantitative estimate of drug-likeness (QED) is 0.769. The Morgan fingerprint density at radius 1 is 1.15 bits per heavy atom. The predicted octanol–water partition coefficient (Wildman–Crippen LogP) is 5.03. The van der Waals surface area contributed by atoms with E-state index >= 15 is 0 Å². The van der Waals surface area contributed by atoms with Crippen molar-refractivity contribution in [2.45, 2.75) is 65.2 Å². The van der Waals surface area contributed by atoms with Crippen LogP contribution < -0.4 is 5.32 Å². The van der Waals surface area contributed by atoms with Crippen LogP contribution in [0.4, 0.5) is 5.69 Å². The summed E-state index contributed by atoms with van der Waals surface area (Å²) in [6, 6.07) is 6.37. The van der Waals surface area contributed by atoms with E-state index in [1.807, 2.05) is 19.9 Å². The highest BCUT2D eigenvalue weighted by Gasteiger charge is 2.17. The summed E-state index contributed by atoms with van der Waals surface area (Å²) in [5.74, 6) is 0.798. The van der Waals surface area contributed by atoms with Crippen LogP contribution in [0.2, 0.25) is 0 Å². The summed E-state index contributed by atoms with van der Waals surface area (Å²) >= 11 is 0. The van der Waals surface area contributed by atoms with E-state index in [9.17, 15) is 4.79 Å². The lowest BCUT2D eigenvalue weighted by atomic mass is 9.88. The summed E-state index contributed by atoms with van der Waals surface area (Å²) in [7, 11) is 0. The van der Waals surface area contributed by atoms with Gasteiger partial charge in [0, 0.05) is 11.6 Å². The van der Waals surface area contributed by atoms with Crippen molar-refractivity contribution in [3.05, 3.63) is 29.3 Å². The zero-order valence-electron chi connectivity index (χ0n) is 13.0. The maximum absolute atomic E-state index is 11.8. The Labute approximate surface area is 123 Å². The monoisotopic (exact) mass is 273 g/mol. The Hall–Kier alpha value is -1.31. The molecule has 2 nitrogen and oxygen atoms in total. The van der Waals surface area contributed by atoms with Crippen LogP contribution in [0.15, 0.2) is 18.2 Å². The summed E-state index contributed by atoms with van der Waals surface area (Å²) in [5.41, 5.74) is 3.75. The molecule has 1 aromatic rings. The van der Waals surface area contributed by atoms with E-state index in [-0.39, 0.29) is 11.8 Å². The largest absolute Gasteiger partial charge is 0.326 e. The summed E-state index contributed by atoms with van der Waals surface area (Å²) in [6.45, 7) is 6.04. The highest BCUT2D eigenvalue weighted by Crippen LogP contribution is 2.34. The number of anilines is 1. The molecule has 1 saturated carbocycles. The lowest BCUT2D eigenvalue weighted by Crippen LogP contribution is -2.18. The van der Waals surface area contributed by atoms with Gasteiger partial charge in [-0.3, -0.25) is 4.79 Å². The number of carbonyl (C=O) groups is 1. The van der Waals surface area contributed by atoms with Crippen LogP contribution in [0.1, 0.15) is 69.4 Å². The van der Waals surface area contributed by atoms with Crippen molar-refractivity contribution in [1.82, 2.24) is 0 Å². The van der Waals surface area contributed by atoms with Gasteiger partial charge in [0.05, 0.1) is 0 Å². The summed E-state index contributed by atoms with van der Waals surface area (Å²) < 4.78 is 0. The Morgan fingerprint density at radius 3 is 2.40 bits per heavy atom. The molecule has 0 spiro atoms. The molecule has 0 bridgehead atoms. The van der Waals surface area contributed by atoms with Crippen LogP contribution in [0.25, 0.3) is 0 Å². The van der Waals surface area contributed by atoms with Gasteiger partial charge in [-0.05, 0) is 48.9 Å². The number of benzene rings is 1. The Morgan fingerprint density at radius 2 is 1.80 bits per heavy atom. The van der Waals surface area contributed by atoms with Gasteiger partial charge in [0.1, 0.15) is 0 Å². The molecule has 2 heteroatoms. The third-order valence-corrected chi connectivity index (χ3v) is 4.37. The minimum absolute atomic E-state index is 0.0256. The molecule has 1 amide bonds. The average Bonchev–Trinajstić information content (AvgIpc) is 2.69. The second-order valence-corrected chi connectivity index (χ2v) is 6.40. The van der Waals surface area contributed by atoms with Crippen molar-refractivity contribution in [1.29, 1.82) is 0 Å². The van der Waals surface area contributed by atoms with E-state index in [1.165, 1.54) is 49.7 Å². The van der Waals surface area contributed by atoms with E-state index in [4.69, 9.17) is 0 Å². The van der Waals surface area contributed by atoms with Gasteiger partial charge in [0.2, 0.25) is 5.91 Å². The molecule has 2 rings (SSSR count). The maximum Gasteiger partial charge on any atom is 0.226 e. The number of carbonyl (C=O) groups excluding carboxylic acids is 1. The van der Waals surface area contributed by atoms with Gasteiger partial charge in [-0.1, -0.05) is 45.6 Å². The van der Waals surface area contributed by atoms with Crippen molar-refractivity contribution in [2.75, 3.05) is 5.32 Å². The molecule has 0 aromatic heterocycles. The van der Waals surface area contributed by atoms with Crippen LogP contribution in [0, 0.1) is 12.8 Å². The number of aryl methyl sites for hydroxylation is 1. The van der Waals surface area contributed by atoms with Gasteiger partial charge >= 0.3 is 0 Å². The predicted molar refractivity (Wildman–Crippen MR) is 85.1 cm³/mol. The van der Waals surface area contributed by atoms with Crippen molar-refractivity contribution in [3.8, 4) is 0 Å². The summed E-state index contributed by atoms with van der Waals surface area (Å²) in [4.78, 5) is 11.8. The second-order valence-electron chi connectivity index (χ2n) is 6.40. The molecule has 0 aliphatic heterocycles. The molecular formula is C18H27NO. The molecule has 1 aliphatic carbocycles. The fourth-order valence-electron chi connectivity index (χ4n) is 3.04. The minimum Gasteiger partial charge on any atom is -0.326 e. The third-order valence-electron chi connectivity index (χ3n) is 4.37. The van der Waals surface area contributed by atoms with E-state index in [0.29, 0.717) is 5.92 Å². The number of hydrogen-bond acceptors (Lipinski definition) is 1. The van der Waals surface area contributed by atoms with Crippen LogP contribution in [0.3, 0.4) is 0 Å². The topological polar surface area (TPSA) is 29.1 Å². The first kappa shape index (κ1) is 15.1. The van der Waals surface area contributed by atoms with Crippen molar-refractivity contribution >= 4 is 11.6 Å². The molecule has 0 saturated heterocycles. The molecule has 20 heavy (non-hydrogen) atoms. The van der Waals surface area contributed by atoms with Crippen LogP contribution >= 0.6 is 0 Å². The smallest absolute Gasteiger partial charge is 0.226 e. The molecule has 1 N–H and O–H groups in total. The molecule has 110 valence electrons. The lowest BCUT2D eigenvalue weighted by molar-refractivity contribution is -0.118. The standard InChI is InChI=1S/C18H27NO/c1-13(2)18(20)19-16-11-10-14(3)17(12-16)15-8-6-4-5-7-9-15/h10-13,15H,4-9H2,1-3H3,(H,19,20). The molecule has 0 unspecified atom stereocenters. The first-order chi connectivity index (χ1) is 9.58. The Bertz CT molecular complexity index is 456. The number of amides is 1. The highest BCUT2D eigenvalue weighted by atomic mass is 16.1. The molecular weight excluding hydrogens is 246 g/mol. The second kappa shape index (κ2) is 6.92. The number of hydrogen-bond donors (Lipinski definition) is 1. The summed E-state index contributed by atoms with van der Waals surface area (Å²) in [6.07, 6.45) is 8.02. The fraction of sp³-hybridized carbons (Fsp3) is 0.611. The van der Waals surface area contributed by atoms with Gasteiger partial charge in [-0.15, -0.1) is 0 Å². The van der Waals surface area contributed by atoms with Gasteiger partial charge < -0.3 is 5.32 Å². The third kappa shape index (κ3) is 3.84. The van der Waals surface area contributed by atoms with E-state index < -0.39 is 0 Å². The van der Waals surface area contributed by atoms with E-state index in [1.54, 1.807) is 0 Å². The first-order valence-electron chi connectivity index (χ1n) is 7.99. The summed E-state index contributed by atoms with van der Waals surface area (Å²) in [5, 5.41) is 3.02. The molecule has 0 atom stereocenters. The van der Waals surface area contributed by atoms with Gasteiger partial charge in [0.15, 0.2) is 0 Å². The van der Waals surface area contributed by atoms with Gasteiger partial charge in [-0.2, -0.15) is 0 Å². The molecule has 1 fully saturated rings.